The van der Waals surface area contributed by atoms with E-state index in [0.717, 1.165) is 83.1 Å². The molecule has 13 aromatic heterocycles. The normalized spacial score (nSPS) is 9.85. The van der Waals surface area contributed by atoms with Crippen LogP contribution >= 0.6 is 45.3 Å². The Morgan fingerprint density at radius 2 is 0.438 bits per heavy atom. The highest BCUT2D eigenvalue weighted by Gasteiger charge is 2.20. The van der Waals surface area contributed by atoms with Crippen molar-refractivity contribution in [3.05, 3.63) is 388 Å². The molecule has 0 aliphatic rings. The summed E-state index contributed by atoms with van der Waals surface area (Å²) in [7, 11) is 0. The molecule has 21 rings (SSSR count). The Labute approximate surface area is 875 Å². The van der Waals surface area contributed by atoms with Gasteiger partial charge in [-0.25, -0.2) is 74.8 Å². The van der Waals surface area contributed by atoms with E-state index < -0.39 is 0 Å². The van der Waals surface area contributed by atoms with Crippen LogP contribution in [0.15, 0.2) is 320 Å². The molecule has 13 heterocycles. The highest BCUT2D eigenvalue weighted by molar-refractivity contribution is 7.18. The number of aryl methyl sites for hydroxylation is 14. The van der Waals surface area contributed by atoms with E-state index in [1.807, 2.05) is 256 Å². The number of nitrogens with zero attached hydrogens (tertiary/aromatic N) is 23. The van der Waals surface area contributed by atoms with Gasteiger partial charge in [0.05, 0.1) is 0 Å². The van der Waals surface area contributed by atoms with Crippen LogP contribution in [0.1, 0.15) is 160 Å². The Kier molecular flexibility index (Phi) is 49.3. The summed E-state index contributed by atoms with van der Waals surface area (Å²) in [5.41, 5.74) is 17.5. The molecule has 0 bridgehead atoms. The first-order valence-electron chi connectivity index (χ1n) is 48.6. The molecule has 0 fully saturated rings. The largest absolute Gasteiger partial charge is 0.426 e. The molecule has 0 aliphatic heterocycles. The minimum atomic E-state index is 0.309. The van der Waals surface area contributed by atoms with Gasteiger partial charge in [0, 0.05) is 144 Å². The first-order valence-corrected chi connectivity index (χ1v) is 51.8. The maximum atomic E-state index is 5.63. The quantitative estimate of drug-likeness (QED) is 0.103. The standard InChI is InChI=1S/C24H21N3.C21H18S3.C18H15N9.C14H10N2O.C14H10N2S.C6H9N3.C4H6N2O.C4H4N2.6C2H6/c1-16-4-10-19(11-5-16)22-25-23(20-12-6-17(2)7-13-20)27-24(26-22)21-14-8-18(3)9-15-21;1-13-4-7-19(22-13)16-10-17(20-8-5-14(2)23-20)12-18(11-16)21-9-6-15(3)24-21;1-10-4-19-13(20-5-10)16-25-17(14-21-6-11(2)7-22-14)27-18(26-16)15-23-8-12(3)9-24-15;2*1-3-7-11(8-4-1)13-15-16-14(17-13)12-9-5-2-6-10-12;1-4-7-5(2)9-6(3)8-4;1-3-5-6-4(2)7-3;1-2-6-4-3-5-1;6*1-2/h4-15H,1-3H3;4-12H,1-3H3;4-9H,1-3H3;2*1-10H;1-3H3;1-2H3;1-4H;6*1-2H3. The third-order valence-electron chi connectivity index (χ3n) is 19.2. The second-order valence-corrected chi connectivity index (χ2v) is 35.3. The third-order valence-corrected chi connectivity index (χ3v) is 23.3. The average molecular weight is 2020 g/mol. The molecule has 0 saturated carbocycles. The zero-order valence-electron chi connectivity index (χ0n) is 88.2. The maximum absolute atomic E-state index is 5.63. The van der Waals surface area contributed by atoms with Crippen LogP contribution in [0, 0.1) is 96.9 Å². The zero-order chi connectivity index (χ0) is 106. The Balaban J connectivity index is 0.000000208. The van der Waals surface area contributed by atoms with Crippen molar-refractivity contribution in [3.8, 4) is 144 Å². The van der Waals surface area contributed by atoms with Crippen LogP contribution < -0.4 is 0 Å². The lowest BCUT2D eigenvalue weighted by atomic mass is 10.0. The smallest absolute Gasteiger partial charge is 0.248 e. The lowest BCUT2D eigenvalue weighted by Crippen LogP contribution is -2.05. The van der Waals surface area contributed by atoms with E-state index in [1.165, 1.54) is 62.6 Å². The topological polar surface area (TPSA) is 323 Å². The van der Waals surface area contributed by atoms with E-state index in [1.54, 1.807) is 87.2 Å². The van der Waals surface area contributed by atoms with Crippen molar-refractivity contribution in [3.63, 3.8) is 0 Å². The van der Waals surface area contributed by atoms with Gasteiger partial charge in [0.1, 0.15) is 27.5 Å². The monoisotopic (exact) mass is 2020 g/mol. The Hall–Kier alpha value is -16.0. The van der Waals surface area contributed by atoms with Crippen LogP contribution in [0.5, 0.6) is 0 Å². The van der Waals surface area contributed by atoms with Gasteiger partial charge in [0.15, 0.2) is 34.9 Å². The SMILES string of the molecule is CC.CC.CC.CC.CC.CC.Cc1ccc(-c2cc(-c3ccc(C)s3)cc(-c3ccc(C)s3)c2)s1.Cc1ccc(-c2nc(-c3ccc(C)cc3)nc(-c3ccc(C)cc3)n2)cc1.Cc1cnc(-c2nc(-c3ncc(C)cn3)nc(-c3ncc(C)cn3)n2)nc1.Cc1nc(C)nc(C)n1.Cc1nnc(C)o1.c1ccc(-c2nnc(-c3ccccc3)o2)cc1.c1ccc(-c2nnc(-c3ccccc3)s2)cc1.c1cnccn1. The van der Waals surface area contributed by atoms with Gasteiger partial charge in [-0.3, -0.25) is 9.97 Å². The summed E-state index contributed by atoms with van der Waals surface area (Å²) < 4.78 is 10.5. The molecule has 0 N–H and O–H groups in total. The fourth-order valence-electron chi connectivity index (χ4n) is 12.6. The van der Waals surface area contributed by atoms with Gasteiger partial charge in [-0.1, -0.05) is 281 Å². The van der Waals surface area contributed by atoms with Gasteiger partial charge in [-0.2, -0.15) is 0 Å². The number of hydrogen-bond acceptors (Lipinski definition) is 29. The Morgan fingerprint density at radius 1 is 0.192 bits per heavy atom. The molecule has 25 nitrogen and oxygen atoms in total. The van der Waals surface area contributed by atoms with Crippen LogP contribution in [0.3, 0.4) is 0 Å². The van der Waals surface area contributed by atoms with Crippen molar-refractivity contribution in [2.75, 3.05) is 0 Å². The van der Waals surface area contributed by atoms with Gasteiger partial charge in [0.2, 0.25) is 41.0 Å². The second-order valence-electron chi connectivity index (χ2n) is 30.5. The van der Waals surface area contributed by atoms with Crippen LogP contribution in [0.4, 0.5) is 0 Å². The van der Waals surface area contributed by atoms with Crippen LogP contribution in [0.25, 0.3) is 144 Å². The molecular formula is C117H129N23O2S4. The highest BCUT2D eigenvalue weighted by atomic mass is 32.1. The summed E-state index contributed by atoms with van der Waals surface area (Å²) in [6, 6.07) is 84.9. The molecule has 0 atom stereocenters. The predicted molar refractivity (Wildman–Crippen MR) is 602 cm³/mol. The van der Waals surface area contributed by atoms with E-state index in [-0.39, 0.29) is 0 Å². The summed E-state index contributed by atoms with van der Waals surface area (Å²) in [5, 5.41) is 25.7. The summed E-state index contributed by atoms with van der Waals surface area (Å²) in [4.78, 5) is 81.0. The minimum absolute atomic E-state index is 0.309. The van der Waals surface area contributed by atoms with E-state index in [9.17, 15) is 0 Å². The molecule has 29 heteroatoms. The fourth-order valence-corrected chi connectivity index (χ4v) is 16.0. The zero-order valence-corrected chi connectivity index (χ0v) is 91.4. The molecule has 0 amide bonds. The van der Waals surface area contributed by atoms with Crippen molar-refractivity contribution in [2.24, 2.45) is 0 Å². The van der Waals surface area contributed by atoms with Gasteiger partial charge in [-0.05, 0) is 195 Å². The number of aromatic nitrogens is 23. The molecule has 748 valence electrons. The van der Waals surface area contributed by atoms with Gasteiger partial charge >= 0.3 is 0 Å². The Bertz CT molecular complexity index is 6320. The van der Waals surface area contributed by atoms with E-state index in [4.69, 9.17) is 23.8 Å². The number of benzene rings is 8. The molecule has 0 unspecified atom stereocenters. The van der Waals surface area contributed by atoms with Crippen molar-refractivity contribution in [1.29, 1.82) is 0 Å². The molecule has 0 radical (unpaired) electrons. The molecule has 0 saturated heterocycles. The van der Waals surface area contributed by atoms with Crippen molar-refractivity contribution < 1.29 is 8.83 Å². The molecule has 0 spiro atoms. The van der Waals surface area contributed by atoms with Crippen LogP contribution in [-0.4, -0.2) is 115 Å². The summed E-state index contributed by atoms with van der Waals surface area (Å²) >= 11 is 7.21. The molecule has 21 aromatic rings. The second kappa shape index (κ2) is 62.5. The summed E-state index contributed by atoms with van der Waals surface area (Å²) in [6.07, 6.45) is 16.8. The number of hydrogen-bond donors (Lipinski definition) is 0. The van der Waals surface area contributed by atoms with Crippen LogP contribution in [-0.2, 0) is 0 Å². The Morgan fingerprint density at radius 3 is 0.664 bits per heavy atom. The fraction of sp³-hybridized carbons (Fsp3) is 0.222. The van der Waals surface area contributed by atoms with Crippen LogP contribution in [0.2, 0.25) is 0 Å². The molecule has 8 aromatic carbocycles. The minimum Gasteiger partial charge on any atom is -0.426 e. The predicted octanol–water partition coefficient (Wildman–Crippen LogP) is 31.2. The van der Waals surface area contributed by atoms with Gasteiger partial charge < -0.3 is 8.83 Å². The third kappa shape index (κ3) is 37.1. The summed E-state index contributed by atoms with van der Waals surface area (Å²) in [5.74, 6) is 8.85. The van der Waals surface area contributed by atoms with Gasteiger partial charge in [0.25, 0.3) is 0 Å². The lowest BCUT2D eigenvalue weighted by Gasteiger charge is -2.09. The lowest BCUT2D eigenvalue weighted by molar-refractivity contribution is 0.489. The van der Waals surface area contributed by atoms with Crippen molar-refractivity contribution in [1.82, 2.24) is 115 Å². The van der Waals surface area contributed by atoms with Crippen molar-refractivity contribution in [2.45, 2.75) is 180 Å². The van der Waals surface area contributed by atoms with Crippen molar-refractivity contribution >= 4 is 45.3 Å². The number of thiophene rings is 3. The number of rotatable bonds is 13. The summed E-state index contributed by atoms with van der Waals surface area (Å²) in [6.45, 7) is 51.6. The molecule has 146 heavy (non-hydrogen) atoms. The van der Waals surface area contributed by atoms with Gasteiger partial charge in [-0.15, -0.1) is 64.6 Å². The first kappa shape index (κ1) is 115. The first-order chi connectivity index (χ1) is 71.1. The molecule has 0 aliphatic carbocycles. The van der Waals surface area contributed by atoms with E-state index >= 15 is 0 Å². The highest BCUT2D eigenvalue weighted by Crippen LogP contribution is 2.40. The van der Waals surface area contributed by atoms with E-state index in [2.05, 4.69) is 294 Å². The molecular weight excluding hydrogens is 1890 g/mol. The maximum Gasteiger partial charge on any atom is 0.248 e. The average Bonchev–Trinajstić information content (AvgIpc) is 0.969. The van der Waals surface area contributed by atoms with E-state index in [0.29, 0.717) is 76.0 Å².